The maximum absolute atomic E-state index is 13.4. The van der Waals surface area contributed by atoms with Gasteiger partial charge >= 0.3 is 0 Å². The Morgan fingerprint density at radius 3 is 2.29 bits per heavy atom. The monoisotopic (exact) mass is 405 g/mol. The zero-order valence-electron chi connectivity index (χ0n) is 15.2. The third-order valence-electron chi connectivity index (χ3n) is 4.72. The lowest BCUT2D eigenvalue weighted by Gasteiger charge is -2.23. The van der Waals surface area contributed by atoms with E-state index in [0.717, 1.165) is 28.1 Å². The standard InChI is InChI=1S/C24H17Cl2NO/c1-16-21(26)8-5-9-22(16)27-23(18-10-12-20(25)13-11-18)15-19(24(27)28)14-17-6-3-2-4-7-17/h2-15H,1H3/b19-14+. The fourth-order valence-electron chi connectivity index (χ4n) is 3.25. The molecule has 2 nitrogen and oxygen atoms in total. The van der Waals surface area contributed by atoms with Gasteiger partial charge in [0.2, 0.25) is 0 Å². The van der Waals surface area contributed by atoms with Gasteiger partial charge in [-0.15, -0.1) is 0 Å². The Morgan fingerprint density at radius 1 is 0.857 bits per heavy atom. The number of carbonyl (C=O) groups excluding carboxylic acids is 1. The van der Waals surface area contributed by atoms with Gasteiger partial charge < -0.3 is 0 Å². The van der Waals surface area contributed by atoms with Gasteiger partial charge in [-0.3, -0.25) is 9.69 Å². The van der Waals surface area contributed by atoms with Gasteiger partial charge in [-0.05, 0) is 60.0 Å². The molecule has 4 heteroatoms. The highest BCUT2D eigenvalue weighted by atomic mass is 35.5. The summed E-state index contributed by atoms with van der Waals surface area (Å²) in [4.78, 5) is 15.1. The van der Waals surface area contributed by atoms with Crippen molar-refractivity contribution in [2.45, 2.75) is 6.92 Å². The number of hydrogen-bond acceptors (Lipinski definition) is 1. The fourth-order valence-corrected chi connectivity index (χ4v) is 3.55. The van der Waals surface area contributed by atoms with Crippen LogP contribution in [0.25, 0.3) is 11.8 Å². The fraction of sp³-hybridized carbons (Fsp3) is 0.0417. The van der Waals surface area contributed by atoms with E-state index in [1.807, 2.05) is 91.9 Å². The van der Waals surface area contributed by atoms with Crippen molar-refractivity contribution >= 4 is 46.6 Å². The first kappa shape index (κ1) is 18.5. The molecular weight excluding hydrogens is 389 g/mol. The van der Waals surface area contributed by atoms with Crippen LogP contribution in [0.15, 0.2) is 84.4 Å². The Hall–Kier alpha value is -2.81. The van der Waals surface area contributed by atoms with Crippen molar-refractivity contribution in [1.29, 1.82) is 0 Å². The first-order chi connectivity index (χ1) is 13.5. The average molecular weight is 406 g/mol. The SMILES string of the molecule is Cc1c(Cl)cccc1N1C(=O)/C(=C/c2ccccc2)C=C1c1ccc(Cl)cc1. The third-order valence-corrected chi connectivity index (χ3v) is 5.39. The van der Waals surface area contributed by atoms with Gasteiger partial charge in [-0.1, -0.05) is 71.7 Å². The van der Waals surface area contributed by atoms with Gasteiger partial charge in [0.1, 0.15) is 0 Å². The molecule has 0 saturated heterocycles. The van der Waals surface area contributed by atoms with Crippen LogP contribution < -0.4 is 4.90 Å². The van der Waals surface area contributed by atoms with Crippen LogP contribution >= 0.6 is 23.2 Å². The number of carbonyl (C=O) groups is 1. The molecule has 0 atom stereocenters. The second-order valence-corrected chi connectivity index (χ2v) is 7.41. The number of rotatable bonds is 3. The summed E-state index contributed by atoms with van der Waals surface area (Å²) in [6, 6.07) is 22.9. The molecule has 0 bridgehead atoms. The molecule has 0 unspecified atom stereocenters. The second-order valence-electron chi connectivity index (χ2n) is 6.57. The molecule has 4 rings (SSSR count). The maximum atomic E-state index is 13.4. The van der Waals surface area contributed by atoms with Crippen molar-refractivity contribution < 1.29 is 4.79 Å². The lowest BCUT2D eigenvalue weighted by atomic mass is 10.1. The van der Waals surface area contributed by atoms with E-state index in [1.54, 1.807) is 4.90 Å². The van der Waals surface area contributed by atoms with Crippen LogP contribution in [0.2, 0.25) is 10.0 Å². The molecular formula is C24H17Cl2NO. The summed E-state index contributed by atoms with van der Waals surface area (Å²) in [5.74, 6) is -0.0841. The highest BCUT2D eigenvalue weighted by molar-refractivity contribution is 6.32. The van der Waals surface area contributed by atoms with Crippen LogP contribution in [0, 0.1) is 6.92 Å². The number of hydrogen-bond donors (Lipinski definition) is 0. The molecule has 1 heterocycles. The van der Waals surface area contributed by atoms with Crippen molar-refractivity contribution in [1.82, 2.24) is 0 Å². The molecule has 3 aromatic rings. The van der Waals surface area contributed by atoms with Crippen LogP contribution in [0.1, 0.15) is 16.7 Å². The summed E-state index contributed by atoms with van der Waals surface area (Å²) >= 11 is 12.4. The van der Waals surface area contributed by atoms with Gasteiger partial charge in [0.05, 0.1) is 11.4 Å². The summed E-state index contributed by atoms with van der Waals surface area (Å²) in [7, 11) is 0. The topological polar surface area (TPSA) is 20.3 Å². The Bertz CT molecular complexity index is 1100. The largest absolute Gasteiger partial charge is 0.276 e. The average Bonchev–Trinajstić information content (AvgIpc) is 3.02. The molecule has 0 aliphatic carbocycles. The van der Waals surface area contributed by atoms with E-state index < -0.39 is 0 Å². The molecule has 0 saturated carbocycles. The van der Waals surface area contributed by atoms with Gasteiger partial charge in [-0.2, -0.15) is 0 Å². The van der Waals surface area contributed by atoms with Crippen molar-refractivity contribution in [3.05, 3.63) is 111 Å². The quantitative estimate of drug-likeness (QED) is 0.440. The van der Waals surface area contributed by atoms with E-state index in [0.29, 0.717) is 15.6 Å². The predicted molar refractivity (Wildman–Crippen MR) is 118 cm³/mol. The van der Waals surface area contributed by atoms with Crippen molar-refractivity contribution in [3.63, 3.8) is 0 Å². The molecule has 1 amide bonds. The third kappa shape index (κ3) is 3.49. The van der Waals surface area contributed by atoms with Gasteiger partial charge in [0.25, 0.3) is 5.91 Å². The second kappa shape index (κ2) is 7.67. The van der Waals surface area contributed by atoms with Crippen molar-refractivity contribution in [2.24, 2.45) is 0 Å². The minimum Gasteiger partial charge on any atom is -0.276 e. The van der Waals surface area contributed by atoms with Crippen LogP contribution in [0.3, 0.4) is 0 Å². The molecule has 1 aliphatic heterocycles. The van der Waals surface area contributed by atoms with Crippen LogP contribution in [0.4, 0.5) is 5.69 Å². The van der Waals surface area contributed by atoms with Gasteiger partial charge in [0, 0.05) is 15.6 Å². The summed E-state index contributed by atoms with van der Waals surface area (Å²) in [5, 5.41) is 1.28. The molecule has 138 valence electrons. The number of halogens is 2. The Morgan fingerprint density at radius 2 is 1.57 bits per heavy atom. The van der Waals surface area contributed by atoms with Crippen LogP contribution in [-0.2, 0) is 4.79 Å². The molecule has 0 N–H and O–H groups in total. The first-order valence-corrected chi connectivity index (χ1v) is 9.64. The Kier molecular flexibility index (Phi) is 5.08. The summed E-state index contributed by atoms with van der Waals surface area (Å²) in [6.07, 6.45) is 3.82. The van der Waals surface area contributed by atoms with E-state index in [1.165, 1.54) is 0 Å². The number of amides is 1. The van der Waals surface area contributed by atoms with E-state index in [9.17, 15) is 4.79 Å². The zero-order valence-corrected chi connectivity index (χ0v) is 16.7. The summed E-state index contributed by atoms with van der Waals surface area (Å²) < 4.78 is 0. The van der Waals surface area contributed by atoms with Crippen LogP contribution in [0.5, 0.6) is 0 Å². The Balaban J connectivity index is 1.87. The smallest absolute Gasteiger partial charge is 0.262 e. The first-order valence-electron chi connectivity index (χ1n) is 8.88. The van der Waals surface area contributed by atoms with Crippen molar-refractivity contribution in [2.75, 3.05) is 4.90 Å². The summed E-state index contributed by atoms with van der Waals surface area (Å²) in [6.45, 7) is 1.92. The molecule has 1 aliphatic rings. The molecule has 0 spiro atoms. The Labute approximate surface area is 174 Å². The van der Waals surface area contributed by atoms with E-state index in [4.69, 9.17) is 23.2 Å². The van der Waals surface area contributed by atoms with Crippen LogP contribution in [-0.4, -0.2) is 5.91 Å². The highest BCUT2D eigenvalue weighted by Gasteiger charge is 2.31. The van der Waals surface area contributed by atoms with Crippen molar-refractivity contribution in [3.8, 4) is 0 Å². The molecule has 3 aromatic carbocycles. The zero-order chi connectivity index (χ0) is 19.7. The van der Waals surface area contributed by atoms with E-state index in [2.05, 4.69) is 0 Å². The number of anilines is 1. The minimum atomic E-state index is -0.0841. The van der Waals surface area contributed by atoms with Gasteiger partial charge in [-0.25, -0.2) is 0 Å². The lowest BCUT2D eigenvalue weighted by Crippen LogP contribution is -2.25. The molecule has 0 fully saturated rings. The summed E-state index contributed by atoms with van der Waals surface area (Å²) in [5.41, 5.74) is 4.94. The maximum Gasteiger partial charge on any atom is 0.262 e. The number of nitrogens with zero attached hydrogens (tertiary/aromatic N) is 1. The molecule has 0 aromatic heterocycles. The minimum absolute atomic E-state index is 0.0841. The van der Waals surface area contributed by atoms with E-state index in [-0.39, 0.29) is 5.91 Å². The molecule has 0 radical (unpaired) electrons. The predicted octanol–water partition coefficient (Wildman–Crippen LogP) is 6.77. The molecule has 28 heavy (non-hydrogen) atoms. The lowest BCUT2D eigenvalue weighted by molar-refractivity contribution is -0.113. The van der Waals surface area contributed by atoms with E-state index >= 15 is 0 Å². The highest BCUT2D eigenvalue weighted by Crippen LogP contribution is 2.38. The number of benzene rings is 3. The van der Waals surface area contributed by atoms with Gasteiger partial charge in [0.15, 0.2) is 0 Å². The normalized spacial score (nSPS) is 15.2.